The third-order valence-corrected chi connectivity index (χ3v) is 5.38. The third kappa shape index (κ3) is 4.84. The molecule has 2 aliphatic rings. The van der Waals surface area contributed by atoms with E-state index < -0.39 is 0 Å². The summed E-state index contributed by atoms with van der Waals surface area (Å²) in [6.45, 7) is 3.45. The topological polar surface area (TPSA) is 79.9 Å². The summed E-state index contributed by atoms with van der Waals surface area (Å²) >= 11 is 0. The molecule has 3 amide bonds. The van der Waals surface area contributed by atoms with Gasteiger partial charge in [-0.05, 0) is 37.5 Å². The minimum atomic E-state index is -0.239. The molecule has 0 radical (unpaired) electrons. The van der Waals surface area contributed by atoms with Gasteiger partial charge in [0.2, 0.25) is 5.91 Å². The van der Waals surface area contributed by atoms with Crippen molar-refractivity contribution in [1.82, 2.24) is 10.6 Å². The fourth-order valence-electron chi connectivity index (χ4n) is 3.80. The molecule has 1 fully saturated rings. The molecule has 2 N–H and O–H groups in total. The number of urea groups is 1. The van der Waals surface area contributed by atoms with Crippen LogP contribution in [0.2, 0.25) is 0 Å². The summed E-state index contributed by atoms with van der Waals surface area (Å²) in [5, 5.41) is 5.90. The normalized spacial score (nSPS) is 18.8. The summed E-state index contributed by atoms with van der Waals surface area (Å²) in [4.78, 5) is 26.6. The summed E-state index contributed by atoms with van der Waals surface area (Å²) in [7, 11) is 0. The van der Waals surface area contributed by atoms with Gasteiger partial charge >= 0.3 is 6.03 Å². The van der Waals surface area contributed by atoms with Crippen LogP contribution < -0.4 is 25.0 Å². The van der Waals surface area contributed by atoms with Crippen LogP contribution in [0.5, 0.6) is 11.5 Å². The van der Waals surface area contributed by atoms with Crippen LogP contribution in [0.4, 0.5) is 10.5 Å². The van der Waals surface area contributed by atoms with Crippen LogP contribution in [0.15, 0.2) is 48.5 Å². The molecule has 0 saturated carbocycles. The van der Waals surface area contributed by atoms with Gasteiger partial charge in [0, 0.05) is 30.8 Å². The van der Waals surface area contributed by atoms with Gasteiger partial charge in [-0.25, -0.2) is 4.79 Å². The van der Waals surface area contributed by atoms with Crippen molar-refractivity contribution < 1.29 is 19.1 Å². The lowest BCUT2D eigenvalue weighted by atomic mass is 10.1. The van der Waals surface area contributed by atoms with Gasteiger partial charge in [-0.3, -0.25) is 4.79 Å². The first-order valence-electron chi connectivity index (χ1n) is 10.4. The number of benzene rings is 2. The van der Waals surface area contributed by atoms with Crippen molar-refractivity contribution in [1.29, 1.82) is 0 Å². The van der Waals surface area contributed by atoms with Gasteiger partial charge in [0.25, 0.3) is 0 Å². The van der Waals surface area contributed by atoms with Gasteiger partial charge in [-0.2, -0.15) is 0 Å². The summed E-state index contributed by atoms with van der Waals surface area (Å²) in [5.41, 5.74) is 2.01. The number of rotatable bonds is 6. The van der Waals surface area contributed by atoms with E-state index in [0.29, 0.717) is 31.3 Å². The van der Waals surface area contributed by atoms with E-state index in [1.54, 1.807) is 4.90 Å². The number of anilines is 1. The molecule has 2 aromatic rings. The highest BCUT2D eigenvalue weighted by Crippen LogP contribution is 2.35. The fraction of sp³-hybridized carbons (Fsp3) is 0.391. The minimum Gasteiger partial charge on any atom is -0.486 e. The van der Waals surface area contributed by atoms with Gasteiger partial charge in [-0.1, -0.05) is 30.3 Å². The molecule has 4 rings (SSSR count). The second-order valence-electron chi connectivity index (χ2n) is 7.78. The molecule has 1 saturated heterocycles. The monoisotopic (exact) mass is 409 g/mol. The van der Waals surface area contributed by atoms with Crippen LogP contribution in [-0.4, -0.2) is 43.8 Å². The zero-order chi connectivity index (χ0) is 20.9. The largest absolute Gasteiger partial charge is 0.486 e. The van der Waals surface area contributed by atoms with E-state index in [0.717, 1.165) is 18.5 Å². The Morgan fingerprint density at radius 3 is 2.70 bits per heavy atom. The summed E-state index contributed by atoms with van der Waals surface area (Å²) < 4.78 is 11.1. The van der Waals surface area contributed by atoms with Gasteiger partial charge in [-0.15, -0.1) is 0 Å². The fourth-order valence-corrected chi connectivity index (χ4v) is 3.80. The third-order valence-electron chi connectivity index (χ3n) is 5.38. The molecule has 7 heteroatoms. The van der Waals surface area contributed by atoms with Crippen molar-refractivity contribution >= 4 is 17.6 Å². The zero-order valence-corrected chi connectivity index (χ0v) is 17.1. The highest BCUT2D eigenvalue weighted by Gasteiger charge is 2.32. The number of fused-ring (bicyclic) bond motifs is 1. The number of amides is 3. The van der Waals surface area contributed by atoms with Crippen molar-refractivity contribution in [3.63, 3.8) is 0 Å². The van der Waals surface area contributed by atoms with Crippen LogP contribution >= 0.6 is 0 Å². The predicted molar refractivity (Wildman–Crippen MR) is 114 cm³/mol. The van der Waals surface area contributed by atoms with E-state index in [9.17, 15) is 9.59 Å². The molecule has 2 heterocycles. The lowest BCUT2D eigenvalue weighted by Crippen LogP contribution is -2.46. The Morgan fingerprint density at radius 2 is 1.90 bits per heavy atom. The number of hydrogen-bond acceptors (Lipinski definition) is 4. The van der Waals surface area contributed by atoms with Crippen LogP contribution in [0.25, 0.3) is 0 Å². The second kappa shape index (κ2) is 9.07. The molecule has 0 unspecified atom stereocenters. The van der Waals surface area contributed by atoms with Crippen molar-refractivity contribution in [3.05, 3.63) is 54.1 Å². The Kier molecular flexibility index (Phi) is 6.07. The average Bonchev–Trinajstić information content (AvgIpc) is 3.12. The van der Waals surface area contributed by atoms with Crippen molar-refractivity contribution in [2.75, 3.05) is 24.7 Å². The van der Waals surface area contributed by atoms with E-state index >= 15 is 0 Å². The van der Waals surface area contributed by atoms with Gasteiger partial charge < -0.3 is 25.0 Å². The number of hydrogen-bond donors (Lipinski definition) is 2. The minimum absolute atomic E-state index is 0.0193. The molecular weight excluding hydrogens is 382 g/mol. The Labute approximate surface area is 176 Å². The maximum Gasteiger partial charge on any atom is 0.315 e. The maximum atomic E-state index is 12.5. The first kappa shape index (κ1) is 20.1. The molecule has 0 aromatic heterocycles. The highest BCUT2D eigenvalue weighted by atomic mass is 16.6. The van der Waals surface area contributed by atoms with E-state index in [4.69, 9.17) is 9.47 Å². The molecule has 2 atom stereocenters. The van der Waals surface area contributed by atoms with Crippen LogP contribution in [0.3, 0.4) is 0 Å². The molecule has 0 spiro atoms. The number of carbonyl (C=O) groups is 2. The number of aryl methyl sites for hydroxylation is 1. The quantitative estimate of drug-likeness (QED) is 0.769. The maximum absolute atomic E-state index is 12.5. The Balaban J connectivity index is 1.27. The van der Waals surface area contributed by atoms with E-state index in [2.05, 4.69) is 22.8 Å². The average molecular weight is 409 g/mol. The van der Waals surface area contributed by atoms with Crippen LogP contribution in [0.1, 0.15) is 25.3 Å². The molecule has 30 heavy (non-hydrogen) atoms. The van der Waals surface area contributed by atoms with Gasteiger partial charge in [0.1, 0.15) is 13.2 Å². The number of ether oxygens (including phenoxy) is 2. The number of carbonyl (C=O) groups excluding carboxylic acids is 2. The number of nitrogens with zero attached hydrogens (tertiary/aromatic N) is 1. The highest BCUT2D eigenvalue weighted by molar-refractivity contribution is 5.97. The molecule has 2 aliphatic heterocycles. The second-order valence-corrected chi connectivity index (χ2v) is 7.78. The summed E-state index contributed by atoms with van der Waals surface area (Å²) in [6.07, 6.45) is 2.03. The molecule has 0 aliphatic carbocycles. The molecule has 158 valence electrons. The molecular formula is C23H27N3O4. The van der Waals surface area contributed by atoms with Crippen LogP contribution in [0, 0.1) is 0 Å². The van der Waals surface area contributed by atoms with Crippen LogP contribution in [-0.2, 0) is 11.2 Å². The SMILES string of the molecule is C[C@H](CCc1ccccc1)NC(=O)N[C@H]1CC(=O)N(c2ccc3c(c2)OCCO3)C1. The van der Waals surface area contributed by atoms with Crippen molar-refractivity contribution in [3.8, 4) is 11.5 Å². The Bertz CT molecular complexity index is 903. The Morgan fingerprint density at radius 1 is 1.13 bits per heavy atom. The smallest absolute Gasteiger partial charge is 0.315 e. The molecule has 7 nitrogen and oxygen atoms in total. The Hall–Kier alpha value is -3.22. The van der Waals surface area contributed by atoms with Crippen molar-refractivity contribution in [2.45, 2.75) is 38.3 Å². The van der Waals surface area contributed by atoms with Gasteiger partial charge in [0.15, 0.2) is 11.5 Å². The van der Waals surface area contributed by atoms with Crippen molar-refractivity contribution in [2.24, 2.45) is 0 Å². The van der Waals surface area contributed by atoms with E-state index in [-0.39, 0.29) is 30.4 Å². The lowest BCUT2D eigenvalue weighted by Gasteiger charge is -2.22. The first-order chi connectivity index (χ1) is 14.6. The standard InChI is InChI=1S/C23H27N3O4/c1-16(7-8-17-5-3-2-4-6-17)24-23(28)25-18-13-22(27)26(15-18)19-9-10-20-21(14-19)30-12-11-29-20/h2-6,9-10,14,16,18H,7-8,11-13,15H2,1H3,(H2,24,25,28)/t16-,18+/m1/s1. The zero-order valence-electron chi connectivity index (χ0n) is 17.1. The van der Waals surface area contributed by atoms with E-state index in [1.807, 2.05) is 43.3 Å². The number of nitrogens with one attached hydrogen (secondary N) is 2. The first-order valence-corrected chi connectivity index (χ1v) is 10.4. The summed E-state index contributed by atoms with van der Waals surface area (Å²) in [6, 6.07) is 15.3. The summed E-state index contributed by atoms with van der Waals surface area (Å²) in [5.74, 6) is 1.32. The predicted octanol–water partition coefficient (Wildman–Crippen LogP) is 2.88. The molecule has 2 aromatic carbocycles. The van der Waals surface area contributed by atoms with Gasteiger partial charge in [0.05, 0.1) is 6.04 Å². The van der Waals surface area contributed by atoms with E-state index in [1.165, 1.54) is 5.56 Å². The molecule has 0 bridgehead atoms. The lowest BCUT2D eigenvalue weighted by molar-refractivity contribution is -0.117.